The molecule has 2 aromatic rings. The van der Waals surface area contributed by atoms with Gasteiger partial charge in [0.25, 0.3) is 0 Å². The highest BCUT2D eigenvalue weighted by molar-refractivity contribution is 6.06. The van der Waals surface area contributed by atoms with Gasteiger partial charge in [-0.2, -0.15) is 5.10 Å². The Morgan fingerprint density at radius 1 is 1.05 bits per heavy atom. The summed E-state index contributed by atoms with van der Waals surface area (Å²) in [6, 6.07) is 19.6. The maximum Gasteiger partial charge on any atom is 0.228 e. The molecule has 4 nitrogen and oxygen atoms in total. The molecule has 2 atom stereocenters. The Balaban J connectivity index is 1.84. The van der Waals surface area contributed by atoms with E-state index in [1.54, 1.807) is 0 Å². The molecule has 0 saturated heterocycles. The van der Waals surface area contributed by atoms with Crippen LogP contribution in [0.4, 0.5) is 0 Å². The summed E-state index contributed by atoms with van der Waals surface area (Å²) in [4.78, 5) is 11.9. The molecule has 0 bridgehead atoms. The highest BCUT2D eigenvalue weighted by atomic mass is 16.1. The molecule has 2 aromatic carbocycles. The van der Waals surface area contributed by atoms with Crippen molar-refractivity contribution in [2.45, 2.75) is 12.5 Å². The van der Waals surface area contributed by atoms with Crippen LogP contribution in [0.2, 0.25) is 0 Å². The fourth-order valence-electron chi connectivity index (χ4n) is 2.70. The molecule has 1 aliphatic heterocycles. The van der Waals surface area contributed by atoms with E-state index in [0.717, 1.165) is 16.8 Å². The molecule has 3 N–H and O–H groups in total. The number of nitrogens with zero attached hydrogens (tertiary/aromatic N) is 1. The lowest BCUT2D eigenvalue weighted by atomic mass is 9.87. The van der Waals surface area contributed by atoms with Gasteiger partial charge in [0.15, 0.2) is 0 Å². The van der Waals surface area contributed by atoms with Crippen molar-refractivity contribution in [1.29, 1.82) is 0 Å². The molecule has 0 aromatic heterocycles. The lowest BCUT2D eigenvalue weighted by Gasteiger charge is -2.18. The highest BCUT2D eigenvalue weighted by Crippen LogP contribution is 2.28. The molecular formula is C17H17N3O. The number of carbonyl (C=O) groups is 1. The molecule has 4 heteroatoms. The predicted octanol–water partition coefficient (Wildman–Crippen LogP) is 2.03. The van der Waals surface area contributed by atoms with Crippen molar-refractivity contribution in [2.24, 2.45) is 16.8 Å². The Bertz CT molecular complexity index is 652. The van der Waals surface area contributed by atoms with Crippen molar-refractivity contribution >= 4 is 11.6 Å². The predicted molar refractivity (Wildman–Crippen MR) is 82.6 cm³/mol. The summed E-state index contributed by atoms with van der Waals surface area (Å²) < 4.78 is 0. The number of rotatable bonds is 4. The van der Waals surface area contributed by atoms with Crippen molar-refractivity contribution in [3.63, 3.8) is 0 Å². The van der Waals surface area contributed by atoms with Gasteiger partial charge < -0.3 is 11.2 Å². The number of amides is 1. The number of primary amides is 1. The SMILES string of the molecule is NC(=O)C1C(Cc2ccccc2)=NNC1c1ccccc1. The fourth-order valence-corrected chi connectivity index (χ4v) is 2.70. The zero-order valence-electron chi connectivity index (χ0n) is 11.6. The lowest BCUT2D eigenvalue weighted by molar-refractivity contribution is -0.120. The van der Waals surface area contributed by atoms with Crippen LogP contribution in [0.1, 0.15) is 17.2 Å². The van der Waals surface area contributed by atoms with Crippen LogP contribution in [0.25, 0.3) is 0 Å². The van der Waals surface area contributed by atoms with Gasteiger partial charge in [-0.3, -0.25) is 4.79 Å². The van der Waals surface area contributed by atoms with Crippen LogP contribution in [-0.2, 0) is 11.2 Å². The average molecular weight is 279 g/mol. The molecule has 1 heterocycles. The van der Waals surface area contributed by atoms with Crippen LogP contribution in [0.3, 0.4) is 0 Å². The summed E-state index contributed by atoms with van der Waals surface area (Å²) in [5, 5.41) is 4.36. The molecule has 1 aliphatic rings. The first kappa shape index (κ1) is 13.4. The second kappa shape index (κ2) is 5.79. The number of benzene rings is 2. The number of hydrogen-bond acceptors (Lipinski definition) is 3. The van der Waals surface area contributed by atoms with Gasteiger partial charge in [-0.15, -0.1) is 0 Å². The van der Waals surface area contributed by atoms with E-state index in [4.69, 9.17) is 5.73 Å². The van der Waals surface area contributed by atoms with Crippen LogP contribution in [0.5, 0.6) is 0 Å². The molecule has 0 radical (unpaired) electrons. The van der Waals surface area contributed by atoms with Crippen molar-refractivity contribution in [1.82, 2.24) is 5.43 Å². The average Bonchev–Trinajstić information content (AvgIpc) is 2.93. The maximum absolute atomic E-state index is 11.9. The fraction of sp³-hybridized carbons (Fsp3) is 0.176. The van der Waals surface area contributed by atoms with Gasteiger partial charge in [-0.1, -0.05) is 60.7 Å². The zero-order chi connectivity index (χ0) is 14.7. The van der Waals surface area contributed by atoms with Gasteiger partial charge in [0.2, 0.25) is 5.91 Å². The first-order valence-corrected chi connectivity index (χ1v) is 6.96. The van der Waals surface area contributed by atoms with Crippen molar-refractivity contribution < 1.29 is 4.79 Å². The van der Waals surface area contributed by atoms with E-state index >= 15 is 0 Å². The third-order valence-electron chi connectivity index (χ3n) is 3.73. The molecule has 21 heavy (non-hydrogen) atoms. The molecule has 106 valence electrons. The van der Waals surface area contributed by atoms with Gasteiger partial charge in [-0.25, -0.2) is 0 Å². The van der Waals surface area contributed by atoms with Gasteiger partial charge in [0.05, 0.1) is 11.8 Å². The van der Waals surface area contributed by atoms with Crippen LogP contribution in [0.15, 0.2) is 65.8 Å². The summed E-state index contributed by atoms with van der Waals surface area (Å²) >= 11 is 0. The van der Waals surface area contributed by atoms with E-state index in [2.05, 4.69) is 10.5 Å². The molecule has 1 amide bonds. The number of hydrogen-bond donors (Lipinski definition) is 2. The van der Waals surface area contributed by atoms with Crippen molar-refractivity contribution in [3.8, 4) is 0 Å². The Hall–Kier alpha value is -2.62. The van der Waals surface area contributed by atoms with E-state index in [-0.39, 0.29) is 11.9 Å². The number of carbonyl (C=O) groups excluding carboxylic acids is 1. The maximum atomic E-state index is 11.9. The molecule has 3 rings (SSSR count). The van der Waals surface area contributed by atoms with Crippen LogP contribution < -0.4 is 11.2 Å². The molecule has 0 aliphatic carbocycles. The minimum Gasteiger partial charge on any atom is -0.369 e. The normalized spacial score (nSPS) is 20.7. The Labute approximate surface area is 123 Å². The van der Waals surface area contributed by atoms with Crippen molar-refractivity contribution in [3.05, 3.63) is 71.8 Å². The van der Waals surface area contributed by atoms with E-state index in [1.807, 2.05) is 60.7 Å². The smallest absolute Gasteiger partial charge is 0.228 e. The number of hydrazone groups is 1. The lowest BCUT2D eigenvalue weighted by Crippen LogP contribution is -2.34. The Kier molecular flexibility index (Phi) is 3.69. The topological polar surface area (TPSA) is 67.5 Å². The van der Waals surface area contributed by atoms with Crippen molar-refractivity contribution in [2.75, 3.05) is 0 Å². The molecule has 0 saturated carbocycles. The van der Waals surface area contributed by atoms with E-state index < -0.39 is 5.92 Å². The largest absolute Gasteiger partial charge is 0.369 e. The minimum atomic E-state index is -0.410. The summed E-state index contributed by atoms with van der Waals surface area (Å²) in [5.74, 6) is -0.754. The van der Waals surface area contributed by atoms with E-state index in [1.165, 1.54) is 0 Å². The second-order valence-corrected chi connectivity index (χ2v) is 5.16. The molecule has 2 unspecified atom stereocenters. The summed E-state index contributed by atoms with van der Waals surface area (Å²) in [6.07, 6.45) is 0.630. The van der Waals surface area contributed by atoms with Crippen LogP contribution in [0, 0.1) is 5.92 Å². The minimum absolute atomic E-state index is 0.178. The summed E-state index contributed by atoms with van der Waals surface area (Å²) in [6.45, 7) is 0. The van der Waals surface area contributed by atoms with Gasteiger partial charge in [0.1, 0.15) is 5.92 Å². The third kappa shape index (κ3) is 2.79. The Morgan fingerprint density at radius 3 is 2.29 bits per heavy atom. The monoisotopic (exact) mass is 279 g/mol. The Morgan fingerprint density at radius 2 is 1.67 bits per heavy atom. The second-order valence-electron chi connectivity index (χ2n) is 5.16. The summed E-state index contributed by atoms with van der Waals surface area (Å²) in [7, 11) is 0. The number of nitrogens with two attached hydrogens (primary N) is 1. The molecule has 0 spiro atoms. The first-order chi connectivity index (χ1) is 10.3. The zero-order valence-corrected chi connectivity index (χ0v) is 11.6. The number of nitrogens with one attached hydrogen (secondary N) is 1. The van der Waals surface area contributed by atoms with E-state index in [0.29, 0.717) is 6.42 Å². The molecular weight excluding hydrogens is 262 g/mol. The third-order valence-corrected chi connectivity index (χ3v) is 3.73. The van der Waals surface area contributed by atoms with E-state index in [9.17, 15) is 4.79 Å². The van der Waals surface area contributed by atoms with Gasteiger partial charge in [-0.05, 0) is 11.1 Å². The first-order valence-electron chi connectivity index (χ1n) is 6.96. The molecule has 0 fully saturated rings. The summed E-state index contributed by atoms with van der Waals surface area (Å²) in [5.41, 5.74) is 11.6. The highest BCUT2D eigenvalue weighted by Gasteiger charge is 2.36. The van der Waals surface area contributed by atoms with Crippen LogP contribution >= 0.6 is 0 Å². The van der Waals surface area contributed by atoms with Gasteiger partial charge >= 0.3 is 0 Å². The van der Waals surface area contributed by atoms with Gasteiger partial charge in [0, 0.05) is 6.42 Å². The van der Waals surface area contributed by atoms with Crippen LogP contribution in [-0.4, -0.2) is 11.6 Å². The standard InChI is InChI=1S/C17H17N3O/c18-17(21)15-14(11-12-7-3-1-4-8-12)19-20-16(15)13-9-5-2-6-10-13/h1-10,15-16,20H,11H2,(H2,18,21). The quantitative estimate of drug-likeness (QED) is 0.899.